The number of β-amino-alcohol motifs (C(OH)–C–C–N with tert-alkyl or cyclic N) is 1. The molecule has 2 aromatic rings. The molecule has 1 N–H and O–H groups in total. The average Bonchev–Trinajstić information content (AvgIpc) is 2.96. The van der Waals surface area contributed by atoms with Gasteiger partial charge in [0.25, 0.3) is 0 Å². The molecule has 5 nitrogen and oxygen atoms in total. The minimum Gasteiger partial charge on any atom is -0.390 e. The van der Waals surface area contributed by atoms with Crippen LogP contribution in [0, 0.1) is 0 Å². The van der Waals surface area contributed by atoms with Gasteiger partial charge in [-0.05, 0) is 56.6 Å². The Balaban J connectivity index is 1.34. The fraction of sp³-hybridized carbons (Fsp3) is 0.571. The van der Waals surface area contributed by atoms with Crippen LogP contribution >= 0.6 is 11.6 Å². The van der Waals surface area contributed by atoms with E-state index in [2.05, 4.69) is 21.1 Å². The van der Waals surface area contributed by atoms with E-state index in [9.17, 15) is 5.11 Å². The number of halogens is 1. The SMILES string of the molecule is O[C@@H]1CN(Cc2cnn(-c3ccc(Cl)cc3)c2)CC[C@H]1N1CCCCCC1. The first kappa shape index (κ1) is 18.9. The first-order valence-electron chi connectivity index (χ1n) is 10.1. The van der Waals surface area contributed by atoms with Crippen LogP contribution in [-0.2, 0) is 6.54 Å². The third-order valence-corrected chi connectivity index (χ3v) is 6.13. The summed E-state index contributed by atoms with van der Waals surface area (Å²) < 4.78 is 1.88. The van der Waals surface area contributed by atoms with Gasteiger partial charge in [0.05, 0.1) is 18.0 Å². The lowest BCUT2D eigenvalue weighted by molar-refractivity contribution is -0.0144. The van der Waals surface area contributed by atoms with E-state index in [0.717, 1.165) is 49.9 Å². The van der Waals surface area contributed by atoms with Gasteiger partial charge < -0.3 is 5.11 Å². The van der Waals surface area contributed by atoms with Gasteiger partial charge in [-0.15, -0.1) is 0 Å². The molecule has 27 heavy (non-hydrogen) atoms. The minimum atomic E-state index is -0.261. The van der Waals surface area contributed by atoms with Crippen molar-refractivity contribution in [2.45, 2.75) is 50.8 Å². The summed E-state index contributed by atoms with van der Waals surface area (Å²) in [5.41, 5.74) is 2.18. The van der Waals surface area contributed by atoms with Crippen molar-refractivity contribution in [2.24, 2.45) is 0 Å². The summed E-state index contributed by atoms with van der Waals surface area (Å²) in [6.45, 7) is 4.90. The van der Waals surface area contributed by atoms with Gasteiger partial charge in [-0.25, -0.2) is 4.68 Å². The van der Waals surface area contributed by atoms with Crippen molar-refractivity contribution in [3.63, 3.8) is 0 Å². The second-order valence-corrected chi connectivity index (χ2v) is 8.31. The fourth-order valence-electron chi connectivity index (χ4n) is 4.42. The van der Waals surface area contributed by atoms with E-state index in [1.54, 1.807) is 0 Å². The van der Waals surface area contributed by atoms with Crippen molar-refractivity contribution in [3.05, 3.63) is 47.2 Å². The molecule has 1 aromatic heterocycles. The zero-order chi connectivity index (χ0) is 18.6. The van der Waals surface area contributed by atoms with Gasteiger partial charge in [0, 0.05) is 42.5 Å². The second kappa shape index (κ2) is 8.74. The Labute approximate surface area is 166 Å². The van der Waals surface area contributed by atoms with Crippen molar-refractivity contribution in [2.75, 3.05) is 26.2 Å². The van der Waals surface area contributed by atoms with E-state index in [1.165, 1.54) is 31.2 Å². The van der Waals surface area contributed by atoms with Gasteiger partial charge in [0.15, 0.2) is 0 Å². The molecule has 146 valence electrons. The van der Waals surface area contributed by atoms with Gasteiger partial charge in [0.1, 0.15) is 0 Å². The van der Waals surface area contributed by atoms with Crippen LogP contribution in [-0.4, -0.2) is 63.0 Å². The molecular formula is C21H29ClN4O. The molecule has 2 aliphatic rings. The summed E-state index contributed by atoms with van der Waals surface area (Å²) in [6, 6.07) is 8.02. The maximum absolute atomic E-state index is 10.8. The van der Waals surface area contributed by atoms with Crippen molar-refractivity contribution in [1.29, 1.82) is 0 Å². The highest BCUT2D eigenvalue weighted by molar-refractivity contribution is 6.30. The Bertz CT molecular complexity index is 724. The average molecular weight is 389 g/mol. The molecule has 2 aliphatic heterocycles. The van der Waals surface area contributed by atoms with Crippen LogP contribution in [0.3, 0.4) is 0 Å². The van der Waals surface area contributed by atoms with Gasteiger partial charge >= 0.3 is 0 Å². The normalized spacial score (nSPS) is 25.4. The molecule has 2 saturated heterocycles. The predicted octanol–water partition coefficient (Wildman–Crippen LogP) is 3.34. The molecular weight excluding hydrogens is 360 g/mol. The summed E-state index contributed by atoms with van der Waals surface area (Å²) >= 11 is 5.96. The van der Waals surface area contributed by atoms with Crippen molar-refractivity contribution in [3.8, 4) is 5.69 Å². The van der Waals surface area contributed by atoms with Crippen LogP contribution in [0.1, 0.15) is 37.7 Å². The van der Waals surface area contributed by atoms with Gasteiger partial charge in [-0.1, -0.05) is 24.4 Å². The number of hydrogen-bond acceptors (Lipinski definition) is 4. The van der Waals surface area contributed by atoms with Crippen LogP contribution in [0.15, 0.2) is 36.7 Å². The lowest BCUT2D eigenvalue weighted by Crippen LogP contribution is -2.54. The number of likely N-dealkylation sites (tertiary alicyclic amines) is 2. The first-order chi connectivity index (χ1) is 13.2. The topological polar surface area (TPSA) is 44.5 Å². The van der Waals surface area contributed by atoms with Crippen molar-refractivity contribution >= 4 is 11.6 Å². The third-order valence-electron chi connectivity index (χ3n) is 5.87. The smallest absolute Gasteiger partial charge is 0.0822 e. The van der Waals surface area contributed by atoms with E-state index in [0.29, 0.717) is 6.04 Å². The fourth-order valence-corrected chi connectivity index (χ4v) is 4.54. The maximum atomic E-state index is 10.8. The van der Waals surface area contributed by atoms with Crippen molar-refractivity contribution < 1.29 is 5.11 Å². The Morgan fingerprint density at radius 3 is 2.48 bits per heavy atom. The number of nitrogens with zero attached hydrogens (tertiary/aromatic N) is 4. The molecule has 1 aromatic carbocycles. The molecule has 0 aliphatic carbocycles. The van der Waals surface area contributed by atoms with E-state index in [1.807, 2.05) is 35.1 Å². The number of piperidine rings is 1. The van der Waals surface area contributed by atoms with E-state index >= 15 is 0 Å². The van der Waals surface area contributed by atoms with E-state index < -0.39 is 0 Å². The molecule has 0 radical (unpaired) electrons. The summed E-state index contributed by atoms with van der Waals surface area (Å²) in [5.74, 6) is 0. The van der Waals surface area contributed by atoms with Crippen LogP contribution < -0.4 is 0 Å². The highest BCUT2D eigenvalue weighted by atomic mass is 35.5. The summed E-state index contributed by atoms with van der Waals surface area (Å²) in [5, 5.41) is 16.0. The Morgan fingerprint density at radius 1 is 1.04 bits per heavy atom. The van der Waals surface area contributed by atoms with Gasteiger partial charge in [-0.2, -0.15) is 5.10 Å². The van der Waals surface area contributed by atoms with Crippen LogP contribution in [0.2, 0.25) is 5.02 Å². The minimum absolute atomic E-state index is 0.261. The Hall–Kier alpha value is -1.40. The van der Waals surface area contributed by atoms with Crippen LogP contribution in [0.4, 0.5) is 0 Å². The molecule has 0 saturated carbocycles. The number of aliphatic hydroxyl groups is 1. The molecule has 0 bridgehead atoms. The zero-order valence-corrected chi connectivity index (χ0v) is 16.6. The number of benzene rings is 1. The Morgan fingerprint density at radius 2 is 1.78 bits per heavy atom. The number of aromatic nitrogens is 2. The Kier molecular flexibility index (Phi) is 6.13. The predicted molar refractivity (Wildman–Crippen MR) is 108 cm³/mol. The lowest BCUT2D eigenvalue weighted by Gasteiger charge is -2.41. The molecule has 6 heteroatoms. The zero-order valence-electron chi connectivity index (χ0n) is 15.8. The molecule has 0 spiro atoms. The first-order valence-corrected chi connectivity index (χ1v) is 10.5. The number of rotatable bonds is 4. The van der Waals surface area contributed by atoms with Gasteiger partial charge in [0.2, 0.25) is 0 Å². The molecule has 2 atom stereocenters. The van der Waals surface area contributed by atoms with Crippen LogP contribution in [0.5, 0.6) is 0 Å². The highest BCUT2D eigenvalue weighted by Gasteiger charge is 2.32. The van der Waals surface area contributed by atoms with E-state index in [-0.39, 0.29) is 6.10 Å². The summed E-state index contributed by atoms with van der Waals surface area (Å²) in [7, 11) is 0. The quantitative estimate of drug-likeness (QED) is 0.872. The molecule has 4 rings (SSSR count). The molecule has 0 unspecified atom stereocenters. The molecule has 2 fully saturated rings. The number of aliphatic hydroxyl groups excluding tert-OH is 1. The van der Waals surface area contributed by atoms with E-state index in [4.69, 9.17) is 11.6 Å². The highest BCUT2D eigenvalue weighted by Crippen LogP contribution is 2.22. The molecule has 0 amide bonds. The standard InChI is InChI=1S/C21H29ClN4O/c22-18-5-7-19(8-6-18)26-15-17(13-23-26)14-24-12-9-20(21(27)16-24)25-10-3-1-2-4-11-25/h5-8,13,15,20-21,27H,1-4,9-12,14,16H2/t20-,21-/m1/s1. The summed E-state index contributed by atoms with van der Waals surface area (Å²) in [6.07, 6.45) is 9.99. The van der Waals surface area contributed by atoms with Gasteiger partial charge in [-0.3, -0.25) is 9.80 Å². The monoisotopic (exact) mass is 388 g/mol. The second-order valence-electron chi connectivity index (χ2n) is 7.88. The van der Waals surface area contributed by atoms with Crippen LogP contribution in [0.25, 0.3) is 5.69 Å². The number of hydrogen-bond donors (Lipinski definition) is 1. The molecule has 3 heterocycles. The summed E-state index contributed by atoms with van der Waals surface area (Å²) in [4.78, 5) is 4.88. The van der Waals surface area contributed by atoms with Crippen molar-refractivity contribution in [1.82, 2.24) is 19.6 Å². The third kappa shape index (κ3) is 4.72. The maximum Gasteiger partial charge on any atom is 0.0822 e. The largest absolute Gasteiger partial charge is 0.390 e. The lowest BCUT2D eigenvalue weighted by atomic mass is 9.99.